The summed E-state index contributed by atoms with van der Waals surface area (Å²) in [7, 11) is 1.72. The van der Waals surface area contributed by atoms with Gasteiger partial charge >= 0.3 is 0 Å². The van der Waals surface area contributed by atoms with Gasteiger partial charge in [0.1, 0.15) is 23.1 Å². The first-order valence-electron chi connectivity index (χ1n) is 10.9. The van der Waals surface area contributed by atoms with Crippen molar-refractivity contribution in [1.29, 1.82) is 0 Å². The average molecular weight is 485 g/mol. The van der Waals surface area contributed by atoms with Crippen molar-refractivity contribution in [3.63, 3.8) is 0 Å². The molecule has 6 aromatic rings. The number of aryl methyl sites for hydroxylation is 1. The molecule has 2 N–H and O–H groups in total. The van der Waals surface area contributed by atoms with Crippen LogP contribution in [0.15, 0.2) is 66.7 Å². The second kappa shape index (κ2) is 8.44. The molecule has 3 aromatic carbocycles. The number of hydrogen-bond acceptors (Lipinski definition) is 6. The molecule has 6 rings (SSSR count). The zero-order valence-corrected chi connectivity index (χ0v) is 19.3. The highest BCUT2D eigenvalue weighted by Gasteiger charge is 2.16. The van der Waals surface area contributed by atoms with E-state index in [0.29, 0.717) is 35.2 Å². The standard InChI is InChI=1S/C25H18ClFN8/c1-35-33-23(32-34-35)15-7-9-17-20(12-15)29-25-22(17)24(28-16-8-10-19(27)18(26)13-16)30-21(31-25)11-14-5-3-2-4-6-14/h2-10,12-13H,11H2,1H3,(H2,28,29,30,31). The van der Waals surface area contributed by atoms with E-state index in [0.717, 1.165) is 27.4 Å². The number of anilines is 2. The van der Waals surface area contributed by atoms with Gasteiger partial charge in [0, 0.05) is 28.6 Å². The molecular formula is C25H18ClFN8. The number of nitrogens with one attached hydrogen (secondary N) is 2. The molecule has 0 fully saturated rings. The lowest BCUT2D eigenvalue weighted by Crippen LogP contribution is -2.02. The van der Waals surface area contributed by atoms with E-state index in [1.54, 1.807) is 13.1 Å². The SMILES string of the molecule is Cn1nnc(-c2ccc3c(c2)[nH]c2nc(Cc4ccccc4)nc(Nc4ccc(F)c(Cl)c4)c23)n1. The van der Waals surface area contributed by atoms with Crippen molar-refractivity contribution in [3.8, 4) is 11.4 Å². The number of benzene rings is 3. The van der Waals surface area contributed by atoms with Crippen molar-refractivity contribution in [2.24, 2.45) is 7.05 Å². The predicted octanol–water partition coefficient (Wildman–Crippen LogP) is 5.43. The second-order valence-electron chi connectivity index (χ2n) is 8.12. The normalized spacial score (nSPS) is 11.4. The van der Waals surface area contributed by atoms with Crippen LogP contribution < -0.4 is 5.32 Å². The minimum atomic E-state index is -0.480. The summed E-state index contributed by atoms with van der Waals surface area (Å²) in [6.07, 6.45) is 0.555. The highest BCUT2D eigenvalue weighted by molar-refractivity contribution is 6.31. The fourth-order valence-electron chi connectivity index (χ4n) is 4.04. The van der Waals surface area contributed by atoms with Gasteiger partial charge in [0.25, 0.3) is 0 Å². The third kappa shape index (κ3) is 4.06. The fourth-order valence-corrected chi connectivity index (χ4v) is 4.22. The zero-order valence-electron chi connectivity index (χ0n) is 18.5. The molecule has 0 aliphatic rings. The summed E-state index contributed by atoms with van der Waals surface area (Å²) in [6, 6.07) is 20.4. The number of aromatic nitrogens is 7. The van der Waals surface area contributed by atoms with Gasteiger partial charge in [-0.2, -0.15) is 4.80 Å². The number of hydrogen-bond donors (Lipinski definition) is 2. The van der Waals surface area contributed by atoms with Crippen LogP contribution in [0, 0.1) is 5.82 Å². The lowest BCUT2D eigenvalue weighted by Gasteiger charge is -2.10. The first-order chi connectivity index (χ1) is 17.0. The van der Waals surface area contributed by atoms with Crippen molar-refractivity contribution in [1.82, 2.24) is 35.2 Å². The molecule has 10 heteroatoms. The summed E-state index contributed by atoms with van der Waals surface area (Å²) >= 11 is 6.02. The van der Waals surface area contributed by atoms with Crippen molar-refractivity contribution in [2.75, 3.05) is 5.32 Å². The number of nitrogens with zero attached hydrogens (tertiary/aromatic N) is 6. The summed E-state index contributed by atoms with van der Waals surface area (Å²) in [4.78, 5) is 14.5. The van der Waals surface area contributed by atoms with Gasteiger partial charge in [-0.15, -0.1) is 10.2 Å². The van der Waals surface area contributed by atoms with Crippen LogP contribution in [0.5, 0.6) is 0 Å². The molecule has 0 amide bonds. The van der Waals surface area contributed by atoms with Crippen molar-refractivity contribution >= 4 is 45.0 Å². The lowest BCUT2D eigenvalue weighted by molar-refractivity contribution is 0.628. The van der Waals surface area contributed by atoms with Crippen LogP contribution in [-0.4, -0.2) is 35.2 Å². The molecule has 3 aromatic heterocycles. The van der Waals surface area contributed by atoms with E-state index in [2.05, 4.69) is 25.7 Å². The minimum Gasteiger partial charge on any atom is -0.339 e. The number of tetrazole rings is 1. The van der Waals surface area contributed by atoms with Crippen LogP contribution >= 0.6 is 11.6 Å². The summed E-state index contributed by atoms with van der Waals surface area (Å²) in [5, 5.41) is 17.4. The number of fused-ring (bicyclic) bond motifs is 3. The topological polar surface area (TPSA) is 97.2 Å². The molecule has 0 saturated carbocycles. The molecule has 0 aliphatic carbocycles. The van der Waals surface area contributed by atoms with E-state index in [4.69, 9.17) is 21.6 Å². The van der Waals surface area contributed by atoms with Crippen LogP contribution in [0.1, 0.15) is 11.4 Å². The monoisotopic (exact) mass is 484 g/mol. The average Bonchev–Trinajstić information content (AvgIpc) is 3.45. The summed E-state index contributed by atoms with van der Waals surface area (Å²) in [6.45, 7) is 0. The predicted molar refractivity (Wildman–Crippen MR) is 133 cm³/mol. The van der Waals surface area contributed by atoms with Gasteiger partial charge in [0.2, 0.25) is 5.82 Å². The molecule has 35 heavy (non-hydrogen) atoms. The first-order valence-corrected chi connectivity index (χ1v) is 11.2. The fraction of sp³-hybridized carbons (Fsp3) is 0.0800. The summed E-state index contributed by atoms with van der Waals surface area (Å²) in [5.41, 5.74) is 4.08. The highest BCUT2D eigenvalue weighted by atomic mass is 35.5. The Morgan fingerprint density at radius 3 is 2.66 bits per heavy atom. The molecule has 0 spiro atoms. The van der Waals surface area contributed by atoms with Gasteiger partial charge in [0.05, 0.1) is 17.5 Å². The Labute approximate surface area is 203 Å². The van der Waals surface area contributed by atoms with Crippen LogP contribution in [0.4, 0.5) is 15.9 Å². The lowest BCUT2D eigenvalue weighted by atomic mass is 10.1. The largest absolute Gasteiger partial charge is 0.339 e. The van der Waals surface area contributed by atoms with E-state index < -0.39 is 5.82 Å². The molecule has 0 radical (unpaired) electrons. The molecule has 3 heterocycles. The van der Waals surface area contributed by atoms with Crippen LogP contribution in [0.3, 0.4) is 0 Å². The van der Waals surface area contributed by atoms with Gasteiger partial charge in [-0.25, -0.2) is 14.4 Å². The Morgan fingerprint density at radius 2 is 1.89 bits per heavy atom. The molecule has 8 nitrogen and oxygen atoms in total. The summed E-state index contributed by atoms with van der Waals surface area (Å²) in [5.74, 6) is 1.29. The third-order valence-electron chi connectivity index (χ3n) is 5.65. The number of rotatable bonds is 5. The molecule has 0 aliphatic heterocycles. The third-order valence-corrected chi connectivity index (χ3v) is 5.94. The van der Waals surface area contributed by atoms with E-state index >= 15 is 0 Å². The van der Waals surface area contributed by atoms with Crippen LogP contribution in [0.2, 0.25) is 5.02 Å². The quantitative estimate of drug-likeness (QED) is 0.338. The van der Waals surface area contributed by atoms with Crippen molar-refractivity contribution < 1.29 is 4.39 Å². The van der Waals surface area contributed by atoms with Crippen LogP contribution in [0.25, 0.3) is 33.3 Å². The Morgan fingerprint density at radius 1 is 1.03 bits per heavy atom. The van der Waals surface area contributed by atoms with E-state index in [1.165, 1.54) is 16.9 Å². The Kier molecular flexibility index (Phi) is 5.11. The molecule has 0 unspecified atom stereocenters. The van der Waals surface area contributed by atoms with Gasteiger partial charge in [-0.3, -0.25) is 0 Å². The van der Waals surface area contributed by atoms with Gasteiger partial charge in [-0.1, -0.05) is 54.1 Å². The Balaban J connectivity index is 1.51. The highest BCUT2D eigenvalue weighted by Crippen LogP contribution is 2.34. The smallest absolute Gasteiger partial charge is 0.204 e. The van der Waals surface area contributed by atoms with Crippen LogP contribution in [-0.2, 0) is 13.5 Å². The molecule has 0 bridgehead atoms. The maximum Gasteiger partial charge on any atom is 0.204 e. The van der Waals surface area contributed by atoms with Gasteiger partial charge in [0.15, 0.2) is 0 Å². The number of halogens is 2. The minimum absolute atomic E-state index is 0.0323. The van der Waals surface area contributed by atoms with E-state index in [-0.39, 0.29) is 5.02 Å². The van der Waals surface area contributed by atoms with Crippen molar-refractivity contribution in [3.05, 3.63) is 89.0 Å². The maximum absolute atomic E-state index is 13.7. The van der Waals surface area contributed by atoms with Gasteiger partial charge < -0.3 is 10.3 Å². The first kappa shape index (κ1) is 21.2. The van der Waals surface area contributed by atoms with Crippen molar-refractivity contribution in [2.45, 2.75) is 6.42 Å². The molecule has 0 atom stereocenters. The molecule has 172 valence electrons. The molecular weight excluding hydrogens is 467 g/mol. The molecule has 0 saturated heterocycles. The van der Waals surface area contributed by atoms with E-state index in [1.807, 2.05) is 48.5 Å². The maximum atomic E-state index is 13.7. The number of H-pyrrole nitrogens is 1. The Bertz CT molecular complexity index is 1690. The second-order valence-corrected chi connectivity index (χ2v) is 8.52. The summed E-state index contributed by atoms with van der Waals surface area (Å²) < 4.78 is 13.7. The van der Waals surface area contributed by atoms with Gasteiger partial charge in [-0.05, 0) is 35.0 Å². The Hall–Kier alpha value is -4.37. The number of aromatic amines is 1. The van der Waals surface area contributed by atoms with E-state index in [9.17, 15) is 4.39 Å². The zero-order chi connectivity index (χ0) is 23.9.